The molecule has 118 valence electrons. The second-order valence-electron chi connectivity index (χ2n) is 6.39. The van der Waals surface area contributed by atoms with E-state index in [0.29, 0.717) is 5.92 Å². The monoisotopic (exact) mass is 305 g/mol. The number of ether oxygens (including phenoxy) is 1. The molecule has 0 aliphatic rings. The van der Waals surface area contributed by atoms with Crippen molar-refractivity contribution in [1.29, 1.82) is 0 Å². The van der Waals surface area contributed by atoms with Gasteiger partial charge < -0.3 is 4.74 Å². The molecule has 3 rings (SSSR count). The number of fused-ring (bicyclic) bond motifs is 1. The topological polar surface area (TPSA) is 22.1 Å². The van der Waals surface area contributed by atoms with Crippen molar-refractivity contribution in [1.82, 2.24) is 4.98 Å². The van der Waals surface area contributed by atoms with Gasteiger partial charge in [0.05, 0.1) is 7.11 Å². The van der Waals surface area contributed by atoms with Crippen LogP contribution in [0.4, 0.5) is 0 Å². The standard InChI is InChI=1S/C21H23NO/c1-14(2)13-20-21(16-9-11-17(23-4)12-10-16)19-8-6-5-7-18(19)15(3)22-20/h5-12,14H,13H2,1-4H3. The van der Waals surface area contributed by atoms with Crippen LogP contribution in [-0.2, 0) is 6.42 Å². The Bertz CT molecular complexity index is 819. The van der Waals surface area contributed by atoms with Gasteiger partial charge in [-0.3, -0.25) is 4.98 Å². The van der Waals surface area contributed by atoms with Gasteiger partial charge in [0.2, 0.25) is 0 Å². The van der Waals surface area contributed by atoms with Crippen molar-refractivity contribution in [3.8, 4) is 16.9 Å². The molecule has 2 heteroatoms. The minimum Gasteiger partial charge on any atom is -0.497 e. The van der Waals surface area contributed by atoms with Gasteiger partial charge in [-0.2, -0.15) is 0 Å². The molecule has 0 aliphatic carbocycles. The summed E-state index contributed by atoms with van der Waals surface area (Å²) in [5, 5.41) is 2.51. The third-order valence-corrected chi connectivity index (χ3v) is 4.16. The molecule has 0 radical (unpaired) electrons. The van der Waals surface area contributed by atoms with Gasteiger partial charge in [-0.1, -0.05) is 50.2 Å². The van der Waals surface area contributed by atoms with Crippen molar-refractivity contribution >= 4 is 10.8 Å². The van der Waals surface area contributed by atoms with Gasteiger partial charge in [0.1, 0.15) is 5.75 Å². The maximum atomic E-state index is 5.29. The zero-order chi connectivity index (χ0) is 16.4. The Balaban J connectivity index is 2.28. The molecule has 0 unspecified atom stereocenters. The summed E-state index contributed by atoms with van der Waals surface area (Å²) in [6, 6.07) is 16.8. The highest BCUT2D eigenvalue weighted by Crippen LogP contribution is 2.34. The van der Waals surface area contributed by atoms with E-state index in [1.54, 1.807) is 7.11 Å². The highest BCUT2D eigenvalue weighted by molar-refractivity contribution is 5.98. The van der Waals surface area contributed by atoms with Crippen molar-refractivity contribution in [3.63, 3.8) is 0 Å². The minimum absolute atomic E-state index is 0.570. The lowest BCUT2D eigenvalue weighted by atomic mass is 9.92. The molecule has 0 saturated heterocycles. The normalized spacial score (nSPS) is 11.2. The Labute approximate surface area is 138 Å². The van der Waals surface area contributed by atoms with Gasteiger partial charge in [0, 0.05) is 22.3 Å². The Hall–Kier alpha value is -2.35. The van der Waals surface area contributed by atoms with Crippen LogP contribution >= 0.6 is 0 Å². The van der Waals surface area contributed by atoms with E-state index in [-0.39, 0.29) is 0 Å². The number of benzene rings is 2. The third-order valence-electron chi connectivity index (χ3n) is 4.16. The molecule has 2 nitrogen and oxygen atoms in total. The van der Waals surface area contributed by atoms with E-state index in [1.807, 2.05) is 12.1 Å². The SMILES string of the molecule is COc1ccc(-c2c(CC(C)C)nc(C)c3ccccc23)cc1. The lowest BCUT2D eigenvalue weighted by molar-refractivity contribution is 0.415. The maximum absolute atomic E-state index is 5.29. The summed E-state index contributed by atoms with van der Waals surface area (Å²) in [5.74, 6) is 1.45. The van der Waals surface area contributed by atoms with E-state index in [2.05, 4.69) is 57.2 Å². The first-order valence-electron chi connectivity index (χ1n) is 8.12. The fraction of sp³-hybridized carbons (Fsp3) is 0.286. The van der Waals surface area contributed by atoms with Crippen molar-refractivity contribution < 1.29 is 4.74 Å². The minimum atomic E-state index is 0.570. The van der Waals surface area contributed by atoms with Crippen LogP contribution in [0.2, 0.25) is 0 Å². The summed E-state index contributed by atoms with van der Waals surface area (Å²) in [4.78, 5) is 4.93. The van der Waals surface area contributed by atoms with Gasteiger partial charge in [0.15, 0.2) is 0 Å². The van der Waals surface area contributed by atoms with Gasteiger partial charge in [-0.05, 0) is 42.3 Å². The molecule has 0 amide bonds. The van der Waals surface area contributed by atoms with E-state index in [9.17, 15) is 0 Å². The smallest absolute Gasteiger partial charge is 0.118 e. The Morgan fingerprint density at radius 3 is 2.22 bits per heavy atom. The zero-order valence-electron chi connectivity index (χ0n) is 14.3. The van der Waals surface area contributed by atoms with Crippen molar-refractivity contribution in [2.24, 2.45) is 5.92 Å². The predicted octanol–water partition coefficient (Wildman–Crippen LogP) is 5.42. The van der Waals surface area contributed by atoms with Crippen LogP contribution in [0.5, 0.6) is 5.75 Å². The molecule has 3 aromatic rings. The van der Waals surface area contributed by atoms with E-state index in [0.717, 1.165) is 17.9 Å². The predicted molar refractivity (Wildman–Crippen MR) is 97.0 cm³/mol. The molecule has 1 heterocycles. The molecule has 0 N–H and O–H groups in total. The fourth-order valence-corrected chi connectivity index (χ4v) is 3.10. The molecule has 0 atom stereocenters. The zero-order valence-corrected chi connectivity index (χ0v) is 14.3. The Morgan fingerprint density at radius 2 is 1.61 bits per heavy atom. The summed E-state index contributed by atoms with van der Waals surface area (Å²) in [5.41, 5.74) is 4.74. The molecule has 0 bridgehead atoms. The van der Waals surface area contributed by atoms with E-state index >= 15 is 0 Å². The lowest BCUT2D eigenvalue weighted by Gasteiger charge is -2.16. The molecule has 1 aromatic heterocycles. The summed E-state index contributed by atoms with van der Waals surface area (Å²) < 4.78 is 5.29. The van der Waals surface area contributed by atoms with E-state index in [4.69, 9.17) is 9.72 Å². The largest absolute Gasteiger partial charge is 0.497 e. The quantitative estimate of drug-likeness (QED) is 0.642. The first kappa shape index (κ1) is 15.5. The van der Waals surface area contributed by atoms with Crippen molar-refractivity contribution in [2.75, 3.05) is 7.11 Å². The molecule has 0 spiro atoms. The Kier molecular flexibility index (Phi) is 4.33. The van der Waals surface area contributed by atoms with Gasteiger partial charge in [-0.25, -0.2) is 0 Å². The maximum Gasteiger partial charge on any atom is 0.118 e. The van der Waals surface area contributed by atoms with Gasteiger partial charge in [-0.15, -0.1) is 0 Å². The molecule has 23 heavy (non-hydrogen) atoms. The van der Waals surface area contributed by atoms with Gasteiger partial charge >= 0.3 is 0 Å². The highest BCUT2D eigenvalue weighted by atomic mass is 16.5. The number of aromatic nitrogens is 1. The average molecular weight is 305 g/mol. The molecule has 0 saturated carbocycles. The summed E-state index contributed by atoms with van der Waals surface area (Å²) in [6.45, 7) is 6.58. The second kappa shape index (κ2) is 6.41. The number of methoxy groups -OCH3 is 1. The number of hydrogen-bond donors (Lipinski definition) is 0. The molecule has 0 fully saturated rings. The number of hydrogen-bond acceptors (Lipinski definition) is 2. The van der Waals surface area contributed by atoms with Crippen LogP contribution in [0.3, 0.4) is 0 Å². The highest BCUT2D eigenvalue weighted by Gasteiger charge is 2.14. The number of nitrogens with zero attached hydrogens (tertiary/aromatic N) is 1. The van der Waals surface area contributed by atoms with E-state index < -0.39 is 0 Å². The molecular weight excluding hydrogens is 282 g/mol. The van der Waals surface area contributed by atoms with Gasteiger partial charge in [0.25, 0.3) is 0 Å². The molecular formula is C21H23NO. The van der Waals surface area contributed by atoms with Crippen LogP contribution < -0.4 is 4.74 Å². The van der Waals surface area contributed by atoms with Crippen LogP contribution in [-0.4, -0.2) is 12.1 Å². The number of pyridine rings is 1. The van der Waals surface area contributed by atoms with Crippen molar-refractivity contribution in [2.45, 2.75) is 27.2 Å². The van der Waals surface area contributed by atoms with Crippen molar-refractivity contribution in [3.05, 3.63) is 59.9 Å². The first-order chi connectivity index (χ1) is 11.1. The fourth-order valence-electron chi connectivity index (χ4n) is 3.10. The molecule has 0 aliphatic heterocycles. The summed E-state index contributed by atoms with van der Waals surface area (Å²) in [6.07, 6.45) is 0.979. The second-order valence-corrected chi connectivity index (χ2v) is 6.39. The summed E-state index contributed by atoms with van der Waals surface area (Å²) >= 11 is 0. The van der Waals surface area contributed by atoms with Crippen LogP contribution in [0.15, 0.2) is 48.5 Å². The third kappa shape index (κ3) is 3.07. The first-order valence-corrected chi connectivity index (χ1v) is 8.12. The lowest BCUT2D eigenvalue weighted by Crippen LogP contribution is -2.03. The molecule has 2 aromatic carbocycles. The van der Waals surface area contributed by atoms with Crippen LogP contribution in [0, 0.1) is 12.8 Å². The number of aryl methyl sites for hydroxylation is 1. The summed E-state index contributed by atoms with van der Waals surface area (Å²) in [7, 11) is 1.70. The Morgan fingerprint density at radius 1 is 0.957 bits per heavy atom. The average Bonchev–Trinajstić information content (AvgIpc) is 2.55. The van der Waals surface area contributed by atoms with Crippen LogP contribution in [0.1, 0.15) is 25.2 Å². The van der Waals surface area contributed by atoms with Crippen LogP contribution in [0.25, 0.3) is 21.9 Å². The number of rotatable bonds is 4. The van der Waals surface area contributed by atoms with E-state index in [1.165, 1.54) is 27.6 Å².